The van der Waals surface area contributed by atoms with Crippen LogP contribution in [0.1, 0.15) is 40.0 Å². The molecule has 0 bridgehead atoms. The molecule has 2 heterocycles. The summed E-state index contributed by atoms with van der Waals surface area (Å²) in [5.74, 6) is 0.881. The van der Waals surface area contributed by atoms with Gasteiger partial charge in [-0.05, 0) is 25.2 Å². The number of amides is 1. The molecule has 6 heteroatoms. The van der Waals surface area contributed by atoms with Crippen LogP contribution in [0.2, 0.25) is 0 Å². The second-order valence-electron chi connectivity index (χ2n) is 6.08. The van der Waals surface area contributed by atoms with Crippen molar-refractivity contribution in [2.45, 2.75) is 58.3 Å². The van der Waals surface area contributed by atoms with Gasteiger partial charge in [-0.1, -0.05) is 20.8 Å². The highest BCUT2D eigenvalue weighted by molar-refractivity contribution is 7.91. The Hall–Kier alpha value is -0.620. The van der Waals surface area contributed by atoms with Crippen LogP contribution in [0.4, 0.5) is 0 Å². The van der Waals surface area contributed by atoms with Crippen LogP contribution in [0.25, 0.3) is 0 Å². The van der Waals surface area contributed by atoms with Crippen LogP contribution in [0, 0.1) is 5.92 Å². The molecule has 0 aromatic carbocycles. The minimum atomic E-state index is -2.95. The van der Waals surface area contributed by atoms with Crippen molar-refractivity contribution in [2.75, 3.05) is 11.5 Å². The summed E-state index contributed by atoms with van der Waals surface area (Å²) < 4.78 is 23.2. The first-order chi connectivity index (χ1) is 8.84. The molecule has 0 radical (unpaired) electrons. The zero-order chi connectivity index (χ0) is 14.2. The summed E-state index contributed by atoms with van der Waals surface area (Å²) in [6.07, 6.45) is 2.21. The van der Waals surface area contributed by atoms with Crippen molar-refractivity contribution in [2.24, 2.45) is 5.92 Å². The van der Waals surface area contributed by atoms with Crippen LogP contribution in [0.5, 0.6) is 0 Å². The van der Waals surface area contributed by atoms with Gasteiger partial charge in [0.15, 0.2) is 9.84 Å². The zero-order valence-electron chi connectivity index (χ0n) is 11.9. The first-order valence-electron chi connectivity index (χ1n) is 7.12. The highest BCUT2D eigenvalue weighted by atomic mass is 32.2. The molecular weight excluding hydrogens is 264 g/mol. The van der Waals surface area contributed by atoms with Crippen molar-refractivity contribution in [3.05, 3.63) is 0 Å². The van der Waals surface area contributed by atoms with Crippen molar-refractivity contribution in [3.8, 4) is 0 Å². The average Bonchev–Trinajstić information content (AvgIpc) is 2.79. The molecule has 1 amide bonds. The number of sulfone groups is 1. The van der Waals surface area contributed by atoms with E-state index in [-0.39, 0.29) is 35.7 Å². The minimum absolute atomic E-state index is 0.00505. The fourth-order valence-corrected chi connectivity index (χ4v) is 4.81. The number of rotatable bonds is 4. The summed E-state index contributed by atoms with van der Waals surface area (Å²) in [5, 5.41) is 3.36. The lowest BCUT2D eigenvalue weighted by molar-refractivity contribution is -0.132. The molecular formula is C13H24N2O3S. The second kappa shape index (κ2) is 5.40. The monoisotopic (exact) mass is 288 g/mol. The SMILES string of the molecule is CCC1NC(CC(C)C)C(=O)N1C1CCS(=O)(=O)C1. The number of nitrogens with one attached hydrogen (secondary N) is 1. The van der Waals surface area contributed by atoms with Crippen LogP contribution in [0.3, 0.4) is 0 Å². The molecule has 2 rings (SSSR count). The first kappa shape index (κ1) is 14.8. The molecule has 2 aliphatic heterocycles. The third-order valence-electron chi connectivity index (χ3n) is 3.98. The van der Waals surface area contributed by atoms with Gasteiger partial charge in [-0.25, -0.2) is 8.42 Å². The maximum Gasteiger partial charge on any atom is 0.241 e. The van der Waals surface area contributed by atoms with Gasteiger partial charge in [-0.15, -0.1) is 0 Å². The molecule has 0 aliphatic carbocycles. The molecule has 0 aromatic rings. The van der Waals surface area contributed by atoms with Crippen molar-refractivity contribution in [1.29, 1.82) is 0 Å². The molecule has 3 atom stereocenters. The molecule has 0 spiro atoms. The highest BCUT2D eigenvalue weighted by Gasteiger charge is 2.44. The van der Waals surface area contributed by atoms with Gasteiger partial charge in [0, 0.05) is 6.04 Å². The lowest BCUT2D eigenvalue weighted by atomic mass is 10.0. The molecule has 0 saturated carbocycles. The van der Waals surface area contributed by atoms with Gasteiger partial charge in [0.2, 0.25) is 5.91 Å². The Morgan fingerprint density at radius 3 is 2.58 bits per heavy atom. The van der Waals surface area contributed by atoms with Crippen molar-refractivity contribution in [3.63, 3.8) is 0 Å². The number of nitrogens with zero attached hydrogens (tertiary/aromatic N) is 1. The Morgan fingerprint density at radius 2 is 2.11 bits per heavy atom. The smallest absolute Gasteiger partial charge is 0.241 e. The maximum atomic E-state index is 12.5. The zero-order valence-corrected chi connectivity index (χ0v) is 12.7. The van der Waals surface area contributed by atoms with E-state index in [1.165, 1.54) is 0 Å². The fourth-order valence-electron chi connectivity index (χ4n) is 3.10. The van der Waals surface area contributed by atoms with Crippen molar-refractivity contribution in [1.82, 2.24) is 10.2 Å². The Morgan fingerprint density at radius 1 is 1.42 bits per heavy atom. The predicted octanol–water partition coefficient (Wildman–Crippen LogP) is 0.756. The molecule has 2 saturated heterocycles. The van der Waals surface area contributed by atoms with E-state index in [0.29, 0.717) is 12.3 Å². The largest absolute Gasteiger partial charge is 0.322 e. The second-order valence-corrected chi connectivity index (χ2v) is 8.30. The summed E-state index contributed by atoms with van der Waals surface area (Å²) >= 11 is 0. The van der Waals surface area contributed by atoms with Crippen LogP contribution in [-0.4, -0.2) is 49.0 Å². The molecule has 110 valence electrons. The van der Waals surface area contributed by atoms with E-state index in [0.717, 1.165) is 12.8 Å². The summed E-state index contributed by atoms with van der Waals surface area (Å²) in [6.45, 7) is 6.22. The van der Waals surface area contributed by atoms with Crippen molar-refractivity contribution >= 4 is 15.7 Å². The number of carbonyl (C=O) groups excluding carboxylic acids is 1. The first-order valence-corrected chi connectivity index (χ1v) is 8.95. The lowest BCUT2D eigenvalue weighted by Crippen LogP contribution is -2.45. The van der Waals surface area contributed by atoms with E-state index in [2.05, 4.69) is 19.2 Å². The summed E-state index contributed by atoms with van der Waals surface area (Å²) in [6, 6.07) is -0.277. The summed E-state index contributed by atoms with van der Waals surface area (Å²) in [5.41, 5.74) is 0. The highest BCUT2D eigenvalue weighted by Crippen LogP contribution is 2.26. The normalized spacial score (nSPS) is 34.4. The third-order valence-corrected chi connectivity index (χ3v) is 5.73. The number of carbonyl (C=O) groups is 1. The van der Waals surface area contributed by atoms with Gasteiger partial charge in [0.25, 0.3) is 0 Å². The van der Waals surface area contributed by atoms with Gasteiger partial charge in [0.05, 0.1) is 23.7 Å². The minimum Gasteiger partial charge on any atom is -0.322 e. The van der Waals surface area contributed by atoms with E-state index in [9.17, 15) is 13.2 Å². The maximum absolute atomic E-state index is 12.5. The summed E-state index contributed by atoms with van der Waals surface area (Å²) in [4.78, 5) is 14.3. The van der Waals surface area contributed by atoms with E-state index in [1.807, 2.05) is 6.92 Å². The molecule has 0 aromatic heterocycles. The standard InChI is InChI=1S/C13H24N2O3S/c1-4-12-14-11(7-9(2)3)13(16)15(12)10-5-6-19(17,18)8-10/h9-12,14H,4-8H2,1-3H3. The van der Waals surface area contributed by atoms with Gasteiger partial charge in [-0.3, -0.25) is 10.1 Å². The average molecular weight is 288 g/mol. The molecule has 1 N–H and O–H groups in total. The van der Waals surface area contributed by atoms with Gasteiger partial charge in [0.1, 0.15) is 0 Å². The lowest BCUT2D eigenvalue weighted by Gasteiger charge is -2.28. The molecule has 19 heavy (non-hydrogen) atoms. The molecule has 5 nitrogen and oxygen atoms in total. The third kappa shape index (κ3) is 3.11. The molecule has 2 fully saturated rings. The topological polar surface area (TPSA) is 66.5 Å². The van der Waals surface area contributed by atoms with Crippen LogP contribution < -0.4 is 5.32 Å². The Balaban J connectivity index is 2.12. The van der Waals surface area contributed by atoms with Crippen molar-refractivity contribution < 1.29 is 13.2 Å². The predicted molar refractivity (Wildman–Crippen MR) is 74.4 cm³/mol. The van der Waals surface area contributed by atoms with E-state index in [4.69, 9.17) is 0 Å². The summed E-state index contributed by atoms with van der Waals surface area (Å²) in [7, 11) is -2.95. The Labute approximate surface area is 115 Å². The van der Waals surface area contributed by atoms with Gasteiger partial charge >= 0.3 is 0 Å². The quantitative estimate of drug-likeness (QED) is 0.829. The Bertz CT molecular complexity index is 447. The Kier molecular flexibility index (Phi) is 4.20. The number of hydrogen-bond donors (Lipinski definition) is 1. The van der Waals surface area contributed by atoms with E-state index in [1.54, 1.807) is 4.90 Å². The van der Waals surface area contributed by atoms with Crippen LogP contribution in [0.15, 0.2) is 0 Å². The molecule has 2 aliphatic rings. The van der Waals surface area contributed by atoms with E-state index >= 15 is 0 Å². The van der Waals surface area contributed by atoms with Crippen LogP contribution in [-0.2, 0) is 14.6 Å². The van der Waals surface area contributed by atoms with E-state index < -0.39 is 9.84 Å². The van der Waals surface area contributed by atoms with Gasteiger partial charge in [-0.2, -0.15) is 0 Å². The van der Waals surface area contributed by atoms with Crippen LogP contribution >= 0.6 is 0 Å². The van der Waals surface area contributed by atoms with Gasteiger partial charge < -0.3 is 4.90 Å². The number of hydrogen-bond acceptors (Lipinski definition) is 4. The fraction of sp³-hybridized carbons (Fsp3) is 0.923. The molecule has 3 unspecified atom stereocenters.